The van der Waals surface area contributed by atoms with E-state index in [0.717, 1.165) is 35.6 Å². The van der Waals surface area contributed by atoms with Crippen molar-refractivity contribution in [3.8, 4) is 11.5 Å². The first-order chi connectivity index (χ1) is 15.5. The minimum Gasteiger partial charge on any atom is -0.490 e. The van der Waals surface area contributed by atoms with Gasteiger partial charge < -0.3 is 14.4 Å². The van der Waals surface area contributed by atoms with Crippen molar-refractivity contribution in [3.63, 3.8) is 0 Å². The summed E-state index contributed by atoms with van der Waals surface area (Å²) >= 11 is 0. The van der Waals surface area contributed by atoms with Gasteiger partial charge in [-0.2, -0.15) is 5.06 Å². The fourth-order valence-corrected chi connectivity index (χ4v) is 4.33. The van der Waals surface area contributed by atoms with Crippen molar-refractivity contribution < 1.29 is 19.1 Å². The first-order valence-electron chi connectivity index (χ1n) is 11.6. The first kappa shape index (κ1) is 22.6. The predicted octanol–water partition coefficient (Wildman–Crippen LogP) is 4.35. The largest absolute Gasteiger partial charge is 0.490 e. The molecule has 4 rings (SSSR count). The van der Waals surface area contributed by atoms with E-state index in [0.29, 0.717) is 45.2 Å². The molecule has 1 fully saturated rings. The van der Waals surface area contributed by atoms with Crippen molar-refractivity contribution in [3.05, 3.63) is 59.2 Å². The molecule has 2 aliphatic rings. The van der Waals surface area contributed by atoms with E-state index >= 15 is 0 Å². The van der Waals surface area contributed by atoms with Gasteiger partial charge in [-0.05, 0) is 42.0 Å². The SMILES string of the molecule is Cc1cc(CN(CC(C)C)C(=O)C2CCN(Cc3ccccc3)O2)cc2c1OCCCO2. The maximum absolute atomic E-state index is 13.4. The summed E-state index contributed by atoms with van der Waals surface area (Å²) in [5.74, 6) is 2.02. The average Bonchev–Trinajstić information content (AvgIpc) is 3.09. The number of rotatable bonds is 7. The minimum absolute atomic E-state index is 0.0547. The van der Waals surface area contributed by atoms with E-state index in [4.69, 9.17) is 14.3 Å². The van der Waals surface area contributed by atoms with Crippen LogP contribution in [0.5, 0.6) is 11.5 Å². The normalized spacial score (nSPS) is 18.6. The molecular weight excluding hydrogens is 404 g/mol. The molecule has 0 aromatic heterocycles. The van der Waals surface area contributed by atoms with Gasteiger partial charge in [-0.3, -0.25) is 9.63 Å². The number of nitrogens with zero attached hydrogens (tertiary/aromatic N) is 2. The number of hydroxylamine groups is 2. The lowest BCUT2D eigenvalue weighted by Crippen LogP contribution is -2.41. The Labute approximate surface area is 191 Å². The Morgan fingerprint density at radius 3 is 2.69 bits per heavy atom. The average molecular weight is 439 g/mol. The molecule has 2 heterocycles. The van der Waals surface area contributed by atoms with E-state index in [9.17, 15) is 4.79 Å². The molecule has 172 valence electrons. The van der Waals surface area contributed by atoms with Crippen LogP contribution < -0.4 is 9.47 Å². The number of benzene rings is 2. The molecule has 6 heteroatoms. The third-order valence-corrected chi connectivity index (χ3v) is 5.76. The van der Waals surface area contributed by atoms with Gasteiger partial charge in [0.2, 0.25) is 0 Å². The van der Waals surface area contributed by atoms with Crippen LogP contribution >= 0.6 is 0 Å². The Kier molecular flexibility index (Phi) is 7.33. The monoisotopic (exact) mass is 438 g/mol. The molecule has 1 unspecified atom stereocenters. The first-order valence-corrected chi connectivity index (χ1v) is 11.6. The van der Waals surface area contributed by atoms with Crippen molar-refractivity contribution in [2.45, 2.75) is 52.8 Å². The maximum atomic E-state index is 13.4. The number of aryl methyl sites for hydroxylation is 1. The molecule has 0 bridgehead atoms. The van der Waals surface area contributed by atoms with Crippen molar-refractivity contribution >= 4 is 5.91 Å². The molecule has 1 saturated heterocycles. The van der Waals surface area contributed by atoms with Gasteiger partial charge in [0, 0.05) is 32.6 Å². The Balaban J connectivity index is 1.45. The molecular formula is C26H34N2O4. The predicted molar refractivity (Wildman–Crippen MR) is 123 cm³/mol. The Morgan fingerprint density at radius 1 is 1.12 bits per heavy atom. The number of carbonyl (C=O) groups is 1. The third kappa shape index (κ3) is 5.61. The van der Waals surface area contributed by atoms with Crippen LogP contribution in [-0.2, 0) is 22.7 Å². The number of amides is 1. The van der Waals surface area contributed by atoms with Crippen LogP contribution in [0.25, 0.3) is 0 Å². The Bertz CT molecular complexity index is 916. The maximum Gasteiger partial charge on any atom is 0.254 e. The van der Waals surface area contributed by atoms with Crippen molar-refractivity contribution in [1.82, 2.24) is 9.96 Å². The zero-order valence-corrected chi connectivity index (χ0v) is 19.4. The van der Waals surface area contributed by atoms with Crippen molar-refractivity contribution in [2.24, 2.45) is 5.92 Å². The van der Waals surface area contributed by atoms with Gasteiger partial charge in [-0.15, -0.1) is 0 Å². The lowest BCUT2D eigenvalue weighted by Gasteiger charge is -2.28. The molecule has 1 amide bonds. The second-order valence-corrected chi connectivity index (χ2v) is 9.13. The van der Waals surface area contributed by atoms with E-state index in [-0.39, 0.29) is 5.91 Å². The molecule has 0 radical (unpaired) electrons. The van der Waals surface area contributed by atoms with E-state index in [1.165, 1.54) is 5.56 Å². The molecule has 32 heavy (non-hydrogen) atoms. The highest BCUT2D eigenvalue weighted by Crippen LogP contribution is 2.35. The zero-order valence-electron chi connectivity index (χ0n) is 19.4. The fraction of sp³-hybridized carbons (Fsp3) is 0.500. The Hall–Kier alpha value is -2.57. The van der Waals surface area contributed by atoms with E-state index in [2.05, 4.69) is 32.0 Å². The molecule has 0 saturated carbocycles. The van der Waals surface area contributed by atoms with Gasteiger partial charge in [0.15, 0.2) is 17.6 Å². The zero-order chi connectivity index (χ0) is 22.5. The van der Waals surface area contributed by atoms with Crippen molar-refractivity contribution in [2.75, 3.05) is 26.3 Å². The van der Waals surface area contributed by atoms with Crippen LogP contribution in [0.4, 0.5) is 0 Å². The second kappa shape index (κ2) is 10.4. The number of ether oxygens (including phenoxy) is 2. The summed E-state index contributed by atoms with van der Waals surface area (Å²) in [5, 5.41) is 1.91. The van der Waals surface area contributed by atoms with E-state index in [1.807, 2.05) is 41.2 Å². The minimum atomic E-state index is -0.432. The van der Waals surface area contributed by atoms with E-state index in [1.54, 1.807) is 0 Å². The molecule has 0 spiro atoms. The quantitative estimate of drug-likeness (QED) is 0.643. The highest BCUT2D eigenvalue weighted by Gasteiger charge is 2.33. The standard InChI is InChI=1S/C26H34N2O4/c1-19(2)16-27(17-22-14-20(3)25-24(15-22)30-12-7-13-31-25)26(29)23-10-11-28(32-23)18-21-8-5-4-6-9-21/h4-6,8-9,14-15,19,23H,7,10-13,16-18H2,1-3H3. The number of hydrogen-bond acceptors (Lipinski definition) is 5. The number of fused-ring (bicyclic) bond motifs is 1. The smallest absolute Gasteiger partial charge is 0.254 e. The van der Waals surface area contributed by atoms with Crippen LogP contribution in [0, 0.1) is 12.8 Å². The van der Waals surface area contributed by atoms with Gasteiger partial charge >= 0.3 is 0 Å². The molecule has 1 atom stereocenters. The molecule has 0 aliphatic carbocycles. The number of carbonyl (C=O) groups excluding carboxylic acids is 1. The molecule has 2 aromatic carbocycles. The lowest BCUT2D eigenvalue weighted by molar-refractivity contribution is -0.176. The van der Waals surface area contributed by atoms with Gasteiger partial charge in [0.05, 0.1) is 13.2 Å². The summed E-state index contributed by atoms with van der Waals surface area (Å²) in [7, 11) is 0. The summed E-state index contributed by atoms with van der Waals surface area (Å²) in [4.78, 5) is 21.4. The van der Waals surface area contributed by atoms with Gasteiger partial charge in [-0.1, -0.05) is 50.2 Å². The van der Waals surface area contributed by atoms with Gasteiger partial charge in [0.1, 0.15) is 0 Å². The highest BCUT2D eigenvalue weighted by atomic mass is 16.7. The van der Waals surface area contributed by atoms with Gasteiger partial charge in [-0.25, -0.2) is 0 Å². The van der Waals surface area contributed by atoms with Crippen LogP contribution in [-0.4, -0.2) is 48.3 Å². The highest BCUT2D eigenvalue weighted by molar-refractivity contribution is 5.81. The molecule has 2 aromatic rings. The number of hydrogen-bond donors (Lipinski definition) is 0. The van der Waals surface area contributed by atoms with Crippen LogP contribution in [0.2, 0.25) is 0 Å². The summed E-state index contributed by atoms with van der Waals surface area (Å²) in [6.45, 7) is 10.3. The topological polar surface area (TPSA) is 51.2 Å². The Morgan fingerprint density at radius 2 is 1.91 bits per heavy atom. The van der Waals surface area contributed by atoms with Crippen molar-refractivity contribution in [1.29, 1.82) is 0 Å². The summed E-state index contributed by atoms with van der Waals surface area (Å²) in [6, 6.07) is 14.3. The second-order valence-electron chi connectivity index (χ2n) is 9.13. The van der Waals surface area contributed by atoms with Crippen LogP contribution in [0.15, 0.2) is 42.5 Å². The molecule has 0 N–H and O–H groups in total. The van der Waals surface area contributed by atoms with Crippen LogP contribution in [0.3, 0.4) is 0 Å². The third-order valence-electron chi connectivity index (χ3n) is 5.76. The lowest BCUT2D eigenvalue weighted by atomic mass is 10.1. The summed E-state index contributed by atoms with van der Waals surface area (Å²) < 4.78 is 11.8. The molecule has 2 aliphatic heterocycles. The fourth-order valence-electron chi connectivity index (χ4n) is 4.33. The summed E-state index contributed by atoms with van der Waals surface area (Å²) in [6.07, 6.45) is 1.15. The molecule has 6 nitrogen and oxygen atoms in total. The summed E-state index contributed by atoms with van der Waals surface area (Å²) in [5.41, 5.74) is 3.28. The van der Waals surface area contributed by atoms with Crippen LogP contribution in [0.1, 0.15) is 43.4 Å². The van der Waals surface area contributed by atoms with E-state index < -0.39 is 6.10 Å². The van der Waals surface area contributed by atoms with Gasteiger partial charge in [0.25, 0.3) is 5.91 Å².